The van der Waals surface area contributed by atoms with Crippen LogP contribution in [-0.2, 0) is 5.41 Å². The number of aliphatic hydroxyl groups excluding tert-OH is 1. The lowest BCUT2D eigenvalue weighted by Gasteiger charge is -2.35. The fourth-order valence-corrected chi connectivity index (χ4v) is 4.36. The van der Waals surface area contributed by atoms with Crippen molar-refractivity contribution in [3.05, 3.63) is 41.3 Å². The third-order valence-electron chi connectivity index (χ3n) is 6.07. The number of nitrogen functional groups attached to an aromatic ring is 1. The van der Waals surface area contributed by atoms with Crippen molar-refractivity contribution >= 4 is 17.4 Å². The van der Waals surface area contributed by atoms with Crippen LogP contribution in [0.25, 0.3) is 11.1 Å². The van der Waals surface area contributed by atoms with E-state index in [-0.39, 0.29) is 22.8 Å². The Hall–Kier alpha value is -2.67. The summed E-state index contributed by atoms with van der Waals surface area (Å²) < 4.78 is 15.3. The van der Waals surface area contributed by atoms with Crippen molar-refractivity contribution in [1.82, 2.24) is 9.88 Å². The van der Waals surface area contributed by atoms with E-state index in [1.807, 2.05) is 6.07 Å². The van der Waals surface area contributed by atoms with Gasteiger partial charge in [-0.3, -0.25) is 4.79 Å². The number of anilines is 2. The third-order valence-corrected chi connectivity index (χ3v) is 6.07. The van der Waals surface area contributed by atoms with Gasteiger partial charge in [0.25, 0.3) is 5.91 Å². The van der Waals surface area contributed by atoms with Crippen LogP contribution >= 0.6 is 0 Å². The van der Waals surface area contributed by atoms with Gasteiger partial charge in [-0.1, -0.05) is 0 Å². The predicted molar refractivity (Wildman–Crippen MR) is 107 cm³/mol. The summed E-state index contributed by atoms with van der Waals surface area (Å²) in [7, 11) is 3.13. The Bertz CT molecular complexity index is 936. The third kappa shape index (κ3) is 2.90. The Labute approximate surface area is 163 Å². The molecule has 2 heterocycles. The monoisotopic (exact) mass is 384 g/mol. The molecule has 1 aromatic heterocycles. The number of carbonyl (C=O) groups excluding carboxylic acids is 1. The van der Waals surface area contributed by atoms with Crippen molar-refractivity contribution in [3.8, 4) is 11.1 Å². The average molecular weight is 384 g/mol. The molecule has 0 saturated heterocycles. The predicted octanol–water partition coefficient (Wildman–Crippen LogP) is 2.77. The van der Waals surface area contributed by atoms with Crippen LogP contribution in [0.2, 0.25) is 0 Å². The molecule has 1 spiro atoms. The number of hydrogen-bond donors (Lipinski definition) is 3. The maximum Gasteiger partial charge on any atom is 0.258 e. The van der Waals surface area contributed by atoms with Crippen molar-refractivity contribution in [1.29, 1.82) is 0 Å². The van der Waals surface area contributed by atoms with Gasteiger partial charge in [0.2, 0.25) is 0 Å². The zero-order valence-corrected chi connectivity index (χ0v) is 16.1. The largest absolute Gasteiger partial charge is 0.398 e. The number of benzene rings is 1. The van der Waals surface area contributed by atoms with E-state index in [1.165, 1.54) is 4.90 Å². The van der Waals surface area contributed by atoms with Crippen molar-refractivity contribution in [3.63, 3.8) is 0 Å². The quantitative estimate of drug-likeness (QED) is 0.693. The summed E-state index contributed by atoms with van der Waals surface area (Å²) in [6, 6.07) is 5.13. The summed E-state index contributed by atoms with van der Waals surface area (Å²) >= 11 is 0. The van der Waals surface area contributed by atoms with Crippen molar-refractivity contribution < 1.29 is 14.3 Å². The molecule has 1 fully saturated rings. The molecule has 1 amide bonds. The Kier molecular flexibility index (Phi) is 4.50. The van der Waals surface area contributed by atoms with Gasteiger partial charge in [-0.2, -0.15) is 0 Å². The molecule has 2 aliphatic rings. The molecule has 4 N–H and O–H groups in total. The number of nitrogens with two attached hydrogens (primary N) is 1. The molecule has 1 aromatic carbocycles. The van der Waals surface area contributed by atoms with Crippen LogP contribution in [0.4, 0.5) is 15.9 Å². The van der Waals surface area contributed by atoms with E-state index >= 15 is 4.39 Å². The van der Waals surface area contributed by atoms with Crippen LogP contribution in [0.3, 0.4) is 0 Å². The van der Waals surface area contributed by atoms with Crippen LogP contribution in [0.5, 0.6) is 0 Å². The van der Waals surface area contributed by atoms with Gasteiger partial charge in [0, 0.05) is 54.6 Å². The molecular formula is C21H25FN4O2. The fraction of sp³-hybridized carbons (Fsp3) is 0.429. The standard InChI is InChI=1S/C21H25FN4O2/c1-26(2)20(28)17-16(23)4-3-14(18(17)22)12-9-15-19(24-10-12)25-11-21(15)7-5-13(27)6-8-21/h3-4,9-10,13,27H,5-8,11,23H2,1-2H3,(H,24,25)/t13-,21-. The SMILES string of the molecule is CN(C)C(=O)c1c(N)ccc(-c2cnc3c(c2)[C@]2(CC[C@H](O)CC2)CN3)c1F. The van der Waals surface area contributed by atoms with Gasteiger partial charge in [-0.25, -0.2) is 9.37 Å². The summed E-state index contributed by atoms with van der Waals surface area (Å²) in [6.45, 7) is 0.778. The highest BCUT2D eigenvalue weighted by molar-refractivity contribution is 6.00. The van der Waals surface area contributed by atoms with E-state index in [9.17, 15) is 9.90 Å². The average Bonchev–Trinajstić information content (AvgIpc) is 3.02. The van der Waals surface area contributed by atoms with Crippen LogP contribution in [-0.4, -0.2) is 47.6 Å². The summed E-state index contributed by atoms with van der Waals surface area (Å²) in [4.78, 5) is 18.2. The zero-order valence-electron chi connectivity index (χ0n) is 16.1. The first-order valence-electron chi connectivity index (χ1n) is 9.55. The lowest BCUT2D eigenvalue weighted by Crippen LogP contribution is -2.35. The molecule has 7 heteroatoms. The lowest BCUT2D eigenvalue weighted by molar-refractivity contribution is 0.0824. The van der Waals surface area contributed by atoms with E-state index in [1.54, 1.807) is 32.4 Å². The van der Waals surface area contributed by atoms with Crippen molar-refractivity contribution in [2.45, 2.75) is 37.2 Å². The molecule has 1 aliphatic heterocycles. The minimum absolute atomic E-state index is 0.0792. The first kappa shape index (κ1) is 18.7. The minimum Gasteiger partial charge on any atom is -0.398 e. The smallest absolute Gasteiger partial charge is 0.258 e. The number of amides is 1. The van der Waals surface area contributed by atoms with Gasteiger partial charge in [0.1, 0.15) is 11.6 Å². The number of nitrogens with one attached hydrogen (secondary N) is 1. The molecule has 0 bridgehead atoms. The molecule has 0 atom stereocenters. The van der Waals surface area contributed by atoms with Crippen LogP contribution in [0.15, 0.2) is 24.4 Å². The lowest BCUT2D eigenvalue weighted by atomic mass is 9.70. The van der Waals surface area contributed by atoms with Gasteiger partial charge < -0.3 is 21.1 Å². The van der Waals surface area contributed by atoms with Gasteiger partial charge in [0.15, 0.2) is 0 Å². The molecule has 148 valence electrons. The van der Waals surface area contributed by atoms with E-state index in [0.717, 1.165) is 43.6 Å². The summed E-state index contributed by atoms with van der Waals surface area (Å²) in [6.07, 6.45) is 4.62. The molecule has 4 rings (SSSR count). The second-order valence-corrected chi connectivity index (χ2v) is 8.08. The summed E-state index contributed by atoms with van der Waals surface area (Å²) in [5, 5.41) is 13.2. The first-order valence-corrected chi connectivity index (χ1v) is 9.55. The number of rotatable bonds is 2. The molecule has 6 nitrogen and oxygen atoms in total. The topological polar surface area (TPSA) is 91.5 Å². The molecule has 2 aromatic rings. The molecule has 28 heavy (non-hydrogen) atoms. The van der Waals surface area contributed by atoms with E-state index in [0.29, 0.717) is 11.1 Å². The number of carbonyl (C=O) groups is 1. The number of halogens is 1. The zero-order chi connectivity index (χ0) is 20.1. The Morgan fingerprint density at radius 1 is 1.36 bits per heavy atom. The molecule has 0 radical (unpaired) electrons. The molecular weight excluding hydrogens is 359 g/mol. The number of aliphatic hydroxyl groups is 1. The Morgan fingerprint density at radius 2 is 2.07 bits per heavy atom. The summed E-state index contributed by atoms with van der Waals surface area (Å²) in [5.74, 6) is -0.273. The minimum atomic E-state index is -0.625. The van der Waals surface area contributed by atoms with E-state index in [2.05, 4.69) is 10.3 Å². The van der Waals surface area contributed by atoms with E-state index in [4.69, 9.17) is 5.73 Å². The van der Waals surface area contributed by atoms with Crippen molar-refractivity contribution in [2.24, 2.45) is 0 Å². The van der Waals surface area contributed by atoms with Gasteiger partial charge in [-0.15, -0.1) is 0 Å². The highest BCUT2D eigenvalue weighted by atomic mass is 19.1. The molecule has 1 aliphatic carbocycles. The maximum absolute atomic E-state index is 15.3. The van der Waals surface area contributed by atoms with Gasteiger partial charge in [-0.05, 0) is 43.9 Å². The highest BCUT2D eigenvalue weighted by Crippen LogP contribution is 2.47. The Balaban J connectivity index is 1.78. The number of hydrogen-bond acceptors (Lipinski definition) is 5. The number of aromatic nitrogens is 1. The maximum atomic E-state index is 15.3. The normalized spacial score (nSPS) is 23.4. The fourth-order valence-electron chi connectivity index (χ4n) is 4.36. The van der Waals surface area contributed by atoms with Gasteiger partial charge in [0.05, 0.1) is 11.7 Å². The second-order valence-electron chi connectivity index (χ2n) is 8.08. The molecule has 0 unspecified atom stereocenters. The Morgan fingerprint density at radius 3 is 2.75 bits per heavy atom. The van der Waals surface area contributed by atoms with E-state index < -0.39 is 11.7 Å². The number of nitrogens with zero attached hydrogens (tertiary/aromatic N) is 2. The number of fused-ring (bicyclic) bond motifs is 2. The first-order chi connectivity index (χ1) is 13.3. The van der Waals surface area contributed by atoms with Crippen LogP contribution < -0.4 is 11.1 Å². The highest BCUT2D eigenvalue weighted by Gasteiger charge is 2.42. The molecule has 1 saturated carbocycles. The van der Waals surface area contributed by atoms with Gasteiger partial charge >= 0.3 is 0 Å². The van der Waals surface area contributed by atoms with Crippen LogP contribution in [0.1, 0.15) is 41.6 Å². The van der Waals surface area contributed by atoms with Crippen molar-refractivity contribution in [2.75, 3.05) is 31.7 Å². The van der Waals surface area contributed by atoms with Crippen LogP contribution in [0, 0.1) is 5.82 Å². The number of pyridine rings is 1. The second kappa shape index (κ2) is 6.74. The summed E-state index contributed by atoms with van der Waals surface area (Å²) in [5.41, 5.74) is 7.81.